The van der Waals surface area contributed by atoms with Gasteiger partial charge >= 0.3 is 0 Å². The smallest absolute Gasteiger partial charge is 0.133 e. The van der Waals surface area contributed by atoms with Crippen molar-refractivity contribution in [2.24, 2.45) is 0 Å². The molecule has 0 saturated carbocycles. The quantitative estimate of drug-likeness (QED) is 0.200. The number of fused-ring (bicyclic) bond motifs is 2. The van der Waals surface area contributed by atoms with Crippen LogP contribution in [0.5, 0.6) is 5.75 Å². The van der Waals surface area contributed by atoms with Crippen LogP contribution in [0, 0.1) is 29.1 Å². The van der Waals surface area contributed by atoms with Gasteiger partial charge < -0.3 is 4.74 Å². The van der Waals surface area contributed by atoms with E-state index < -0.39 is 29.1 Å². The molecule has 33 heavy (non-hydrogen) atoms. The lowest BCUT2D eigenvalue weighted by atomic mass is 9.85. The van der Waals surface area contributed by atoms with E-state index >= 15 is 13.2 Å². The Balaban J connectivity index is 2.06. The van der Waals surface area contributed by atoms with Gasteiger partial charge in [0, 0.05) is 38.9 Å². The molecule has 6 heteroatoms. The summed E-state index contributed by atoms with van der Waals surface area (Å²) in [6.45, 7) is 0. The van der Waals surface area contributed by atoms with Crippen LogP contribution < -0.4 is 4.74 Å². The van der Waals surface area contributed by atoms with Gasteiger partial charge in [-0.15, -0.1) is 0 Å². The van der Waals surface area contributed by atoms with E-state index in [-0.39, 0.29) is 38.2 Å². The van der Waals surface area contributed by atoms with Crippen molar-refractivity contribution < 1.29 is 26.7 Å². The molecule has 0 saturated heterocycles. The van der Waals surface area contributed by atoms with E-state index in [0.717, 1.165) is 30.3 Å². The SMILES string of the molecule is COc1ccc(-c2c3cccc(F)c3c(-c3ccc(F)cc3F)c3c(F)ccc(F)c23)cc1. The fourth-order valence-electron chi connectivity index (χ4n) is 4.31. The Bertz CT molecular complexity index is 1540. The van der Waals surface area contributed by atoms with E-state index in [2.05, 4.69) is 0 Å². The van der Waals surface area contributed by atoms with Gasteiger partial charge in [0.2, 0.25) is 0 Å². The van der Waals surface area contributed by atoms with Crippen LogP contribution >= 0.6 is 0 Å². The maximum Gasteiger partial charge on any atom is 0.133 e. The summed E-state index contributed by atoms with van der Waals surface area (Å²) in [6, 6.07) is 15.4. The monoisotopic (exact) mass is 450 g/mol. The van der Waals surface area contributed by atoms with E-state index in [0.29, 0.717) is 17.4 Å². The van der Waals surface area contributed by atoms with E-state index in [4.69, 9.17) is 4.74 Å². The minimum atomic E-state index is -1.01. The normalized spacial score (nSPS) is 11.3. The minimum Gasteiger partial charge on any atom is -0.497 e. The van der Waals surface area contributed by atoms with Crippen molar-refractivity contribution in [3.63, 3.8) is 0 Å². The fourth-order valence-corrected chi connectivity index (χ4v) is 4.31. The number of ether oxygens (including phenoxy) is 1. The molecule has 0 amide bonds. The summed E-state index contributed by atoms with van der Waals surface area (Å²) in [5.41, 5.74) is 0.338. The van der Waals surface area contributed by atoms with Gasteiger partial charge in [-0.1, -0.05) is 24.3 Å². The molecular weight excluding hydrogens is 435 g/mol. The molecule has 0 atom stereocenters. The molecule has 5 aromatic rings. The van der Waals surface area contributed by atoms with Crippen LogP contribution in [-0.2, 0) is 0 Å². The highest BCUT2D eigenvalue weighted by molar-refractivity contribution is 6.21. The van der Waals surface area contributed by atoms with Gasteiger partial charge in [-0.05, 0) is 53.4 Å². The van der Waals surface area contributed by atoms with Gasteiger partial charge in [0.1, 0.15) is 34.8 Å². The van der Waals surface area contributed by atoms with Crippen molar-refractivity contribution in [3.05, 3.63) is 102 Å². The highest BCUT2D eigenvalue weighted by atomic mass is 19.1. The molecule has 0 aliphatic rings. The van der Waals surface area contributed by atoms with Crippen molar-refractivity contribution >= 4 is 21.5 Å². The average molecular weight is 450 g/mol. The van der Waals surface area contributed by atoms with Crippen molar-refractivity contribution in [1.29, 1.82) is 0 Å². The third-order valence-electron chi connectivity index (χ3n) is 5.72. The molecular formula is C27H15F5O. The first-order valence-corrected chi connectivity index (χ1v) is 10.0. The summed E-state index contributed by atoms with van der Waals surface area (Å²) in [5, 5.41) is -0.248. The Hall–Kier alpha value is -3.93. The molecule has 0 spiro atoms. The van der Waals surface area contributed by atoms with Crippen molar-refractivity contribution in [3.8, 4) is 28.0 Å². The lowest BCUT2D eigenvalue weighted by Crippen LogP contribution is -1.98. The maximum atomic E-state index is 15.3. The van der Waals surface area contributed by atoms with Crippen LogP contribution in [-0.4, -0.2) is 7.11 Å². The molecule has 0 N–H and O–H groups in total. The number of benzene rings is 5. The molecule has 5 rings (SSSR count). The van der Waals surface area contributed by atoms with Gasteiger partial charge in [0.15, 0.2) is 0 Å². The Morgan fingerprint density at radius 2 is 1.21 bits per heavy atom. The molecule has 164 valence electrons. The van der Waals surface area contributed by atoms with E-state index in [1.54, 1.807) is 30.3 Å². The zero-order valence-corrected chi connectivity index (χ0v) is 17.2. The summed E-state index contributed by atoms with van der Waals surface area (Å²) in [4.78, 5) is 0. The van der Waals surface area contributed by atoms with E-state index in [9.17, 15) is 8.78 Å². The predicted molar refractivity (Wildman–Crippen MR) is 119 cm³/mol. The van der Waals surface area contributed by atoms with Crippen LogP contribution in [0.3, 0.4) is 0 Å². The van der Waals surface area contributed by atoms with Crippen molar-refractivity contribution in [2.75, 3.05) is 7.11 Å². The van der Waals surface area contributed by atoms with Crippen LogP contribution in [0.2, 0.25) is 0 Å². The fraction of sp³-hybridized carbons (Fsp3) is 0.0370. The summed E-state index contributed by atoms with van der Waals surface area (Å²) in [7, 11) is 1.50. The van der Waals surface area contributed by atoms with Gasteiger partial charge in [-0.25, -0.2) is 22.0 Å². The first kappa shape index (κ1) is 20.9. The largest absolute Gasteiger partial charge is 0.497 e. The second-order valence-electron chi connectivity index (χ2n) is 7.54. The summed E-state index contributed by atoms with van der Waals surface area (Å²) >= 11 is 0. The lowest BCUT2D eigenvalue weighted by Gasteiger charge is -2.19. The number of rotatable bonds is 3. The molecule has 0 aliphatic carbocycles. The first-order valence-electron chi connectivity index (χ1n) is 10.0. The summed E-state index contributed by atoms with van der Waals surface area (Å²) in [5.74, 6) is -3.66. The number of halogens is 5. The molecule has 0 heterocycles. The van der Waals surface area contributed by atoms with Gasteiger partial charge in [-0.2, -0.15) is 0 Å². The van der Waals surface area contributed by atoms with Crippen LogP contribution in [0.1, 0.15) is 0 Å². The van der Waals surface area contributed by atoms with E-state index in [1.165, 1.54) is 13.2 Å². The number of hydrogen-bond donors (Lipinski definition) is 0. The second kappa shape index (κ2) is 7.89. The summed E-state index contributed by atoms with van der Waals surface area (Å²) < 4.78 is 79.5. The zero-order chi connectivity index (χ0) is 23.3. The topological polar surface area (TPSA) is 9.23 Å². The molecule has 0 unspecified atom stereocenters. The van der Waals surface area contributed by atoms with Gasteiger partial charge in [0.05, 0.1) is 7.11 Å². The molecule has 0 bridgehead atoms. The van der Waals surface area contributed by atoms with Crippen molar-refractivity contribution in [1.82, 2.24) is 0 Å². The van der Waals surface area contributed by atoms with E-state index in [1.807, 2.05) is 0 Å². The maximum absolute atomic E-state index is 15.3. The Morgan fingerprint density at radius 3 is 1.85 bits per heavy atom. The highest BCUT2D eigenvalue weighted by Crippen LogP contribution is 2.46. The third-order valence-corrected chi connectivity index (χ3v) is 5.72. The Morgan fingerprint density at radius 1 is 0.576 bits per heavy atom. The molecule has 0 aliphatic heterocycles. The van der Waals surface area contributed by atoms with Crippen LogP contribution in [0.15, 0.2) is 72.8 Å². The minimum absolute atomic E-state index is 0.0918. The van der Waals surface area contributed by atoms with Gasteiger partial charge in [-0.3, -0.25) is 0 Å². The Labute approximate surface area is 185 Å². The van der Waals surface area contributed by atoms with Gasteiger partial charge in [0.25, 0.3) is 0 Å². The first-order chi connectivity index (χ1) is 15.9. The predicted octanol–water partition coefficient (Wildman–Crippen LogP) is 8.03. The standard InChI is InChI=1S/C27H15F5O/c1-33-16-8-5-14(6-9-16)23-18-3-2-4-19(29)24(18)25(17-10-7-15(28)13-22(17)32)27-21(31)12-11-20(30)26(23)27/h2-13H,1H3. The number of hydrogen-bond acceptors (Lipinski definition) is 1. The molecule has 5 aromatic carbocycles. The Kier molecular flexibility index (Phi) is 5.01. The molecule has 0 aromatic heterocycles. The molecule has 0 fully saturated rings. The number of methoxy groups -OCH3 is 1. The summed E-state index contributed by atoms with van der Waals surface area (Å²) in [6.07, 6.45) is 0. The molecule has 1 nitrogen and oxygen atoms in total. The van der Waals surface area contributed by atoms with Crippen LogP contribution in [0.4, 0.5) is 22.0 Å². The molecule has 0 radical (unpaired) electrons. The average Bonchev–Trinajstić information content (AvgIpc) is 2.81. The third kappa shape index (κ3) is 3.30. The zero-order valence-electron chi connectivity index (χ0n) is 17.2. The second-order valence-corrected chi connectivity index (χ2v) is 7.54. The van der Waals surface area contributed by atoms with Crippen LogP contribution in [0.25, 0.3) is 43.8 Å². The highest BCUT2D eigenvalue weighted by Gasteiger charge is 2.25. The van der Waals surface area contributed by atoms with Crippen molar-refractivity contribution in [2.45, 2.75) is 0 Å². The lowest BCUT2D eigenvalue weighted by molar-refractivity contribution is 0.415.